The van der Waals surface area contributed by atoms with Gasteiger partial charge in [-0.1, -0.05) is 30.3 Å². The molecule has 0 saturated carbocycles. The van der Waals surface area contributed by atoms with Crippen molar-refractivity contribution >= 4 is 5.95 Å². The van der Waals surface area contributed by atoms with Gasteiger partial charge in [0.15, 0.2) is 5.82 Å². The Labute approximate surface area is 158 Å². The van der Waals surface area contributed by atoms with Crippen LogP contribution in [0.15, 0.2) is 30.3 Å². The van der Waals surface area contributed by atoms with E-state index in [1.807, 2.05) is 42.2 Å². The van der Waals surface area contributed by atoms with E-state index in [0.717, 1.165) is 12.0 Å². The lowest BCUT2D eigenvalue weighted by atomic mass is 10.1. The molecule has 1 saturated heterocycles. The zero-order valence-corrected chi connectivity index (χ0v) is 15.9. The Bertz CT molecular complexity index is 722. The summed E-state index contributed by atoms with van der Waals surface area (Å²) in [5.41, 5.74) is 1.06. The summed E-state index contributed by atoms with van der Waals surface area (Å²) in [5.74, 6) is -1.72. The number of aromatic nitrogens is 3. The molecule has 0 unspecified atom stereocenters. The van der Waals surface area contributed by atoms with Crippen molar-refractivity contribution in [1.29, 1.82) is 0 Å². The van der Waals surface area contributed by atoms with Gasteiger partial charge in [-0.05, 0) is 18.9 Å². The van der Waals surface area contributed by atoms with E-state index in [1.54, 1.807) is 16.5 Å². The van der Waals surface area contributed by atoms with Crippen molar-refractivity contribution in [3.8, 4) is 0 Å². The third kappa shape index (κ3) is 5.23. The van der Waals surface area contributed by atoms with Gasteiger partial charge in [-0.2, -0.15) is 0 Å². The SMILES string of the molecule is CCOCc1nnc(N2CCCN(Cc3ccccc3)CC(F)(F)C2)n1C. The Balaban J connectivity index is 1.68. The molecule has 8 heteroatoms. The minimum atomic E-state index is -2.83. The highest BCUT2D eigenvalue weighted by molar-refractivity contribution is 5.31. The van der Waals surface area contributed by atoms with Gasteiger partial charge in [-0.3, -0.25) is 9.47 Å². The third-order valence-corrected chi connectivity index (χ3v) is 4.69. The van der Waals surface area contributed by atoms with Gasteiger partial charge in [-0.15, -0.1) is 10.2 Å². The van der Waals surface area contributed by atoms with Crippen molar-refractivity contribution in [2.75, 3.05) is 37.7 Å². The molecule has 0 N–H and O–H groups in total. The largest absolute Gasteiger partial charge is 0.374 e. The maximum Gasteiger partial charge on any atom is 0.277 e. The van der Waals surface area contributed by atoms with E-state index >= 15 is 0 Å². The Morgan fingerprint density at radius 2 is 1.89 bits per heavy atom. The monoisotopic (exact) mass is 379 g/mol. The second-order valence-corrected chi connectivity index (χ2v) is 6.94. The molecule has 27 heavy (non-hydrogen) atoms. The minimum Gasteiger partial charge on any atom is -0.374 e. The van der Waals surface area contributed by atoms with Crippen LogP contribution in [0, 0.1) is 0 Å². The molecule has 1 aliphatic heterocycles. The van der Waals surface area contributed by atoms with Crippen LogP contribution in [0.5, 0.6) is 0 Å². The van der Waals surface area contributed by atoms with Crippen LogP contribution >= 0.6 is 0 Å². The predicted molar refractivity (Wildman–Crippen MR) is 99.8 cm³/mol. The Hall–Kier alpha value is -2.06. The molecule has 6 nitrogen and oxygen atoms in total. The smallest absolute Gasteiger partial charge is 0.277 e. The van der Waals surface area contributed by atoms with Gasteiger partial charge >= 0.3 is 0 Å². The van der Waals surface area contributed by atoms with Gasteiger partial charge in [0.05, 0.1) is 13.1 Å². The fourth-order valence-electron chi connectivity index (χ4n) is 3.39. The first-order valence-electron chi connectivity index (χ1n) is 9.33. The van der Waals surface area contributed by atoms with E-state index < -0.39 is 5.92 Å². The van der Waals surface area contributed by atoms with Crippen LogP contribution in [0.1, 0.15) is 24.7 Å². The van der Waals surface area contributed by atoms with Crippen molar-refractivity contribution in [2.24, 2.45) is 7.05 Å². The predicted octanol–water partition coefficient (Wildman–Crippen LogP) is 2.70. The number of nitrogens with zero attached hydrogens (tertiary/aromatic N) is 5. The first kappa shape index (κ1) is 19.7. The fraction of sp³-hybridized carbons (Fsp3) is 0.579. The second kappa shape index (κ2) is 8.75. The fourth-order valence-corrected chi connectivity index (χ4v) is 3.39. The van der Waals surface area contributed by atoms with E-state index in [9.17, 15) is 8.78 Å². The molecule has 1 fully saturated rings. The summed E-state index contributed by atoms with van der Waals surface area (Å²) in [6.45, 7) is 3.85. The molecular formula is C19H27F2N5O. The topological polar surface area (TPSA) is 46.4 Å². The summed E-state index contributed by atoms with van der Waals surface area (Å²) in [4.78, 5) is 3.48. The molecule has 2 heterocycles. The number of alkyl halides is 2. The summed E-state index contributed by atoms with van der Waals surface area (Å²) >= 11 is 0. The first-order valence-corrected chi connectivity index (χ1v) is 9.33. The zero-order valence-electron chi connectivity index (χ0n) is 15.9. The van der Waals surface area contributed by atoms with E-state index in [-0.39, 0.29) is 13.1 Å². The lowest BCUT2D eigenvalue weighted by Crippen LogP contribution is -2.49. The summed E-state index contributed by atoms with van der Waals surface area (Å²) in [6, 6.07) is 9.76. The molecule has 1 aromatic carbocycles. The Morgan fingerprint density at radius 1 is 1.11 bits per heavy atom. The maximum atomic E-state index is 14.7. The molecular weight excluding hydrogens is 352 g/mol. The van der Waals surface area contributed by atoms with Gasteiger partial charge < -0.3 is 9.64 Å². The van der Waals surface area contributed by atoms with Crippen LogP contribution in [-0.4, -0.2) is 58.4 Å². The van der Waals surface area contributed by atoms with Crippen molar-refractivity contribution in [3.63, 3.8) is 0 Å². The lowest BCUT2D eigenvalue weighted by Gasteiger charge is -2.35. The maximum absolute atomic E-state index is 14.7. The molecule has 148 valence electrons. The average molecular weight is 379 g/mol. The molecule has 0 radical (unpaired) electrons. The summed E-state index contributed by atoms with van der Waals surface area (Å²) < 4.78 is 36.5. The molecule has 1 aromatic heterocycles. The number of halogens is 2. The number of ether oxygens (including phenoxy) is 1. The van der Waals surface area contributed by atoms with E-state index in [0.29, 0.717) is 44.6 Å². The molecule has 0 amide bonds. The molecule has 1 aliphatic rings. The van der Waals surface area contributed by atoms with Gasteiger partial charge in [0.25, 0.3) is 5.92 Å². The molecule has 0 aliphatic carbocycles. The van der Waals surface area contributed by atoms with Crippen molar-refractivity contribution in [2.45, 2.75) is 32.4 Å². The van der Waals surface area contributed by atoms with E-state index in [4.69, 9.17) is 4.74 Å². The highest BCUT2D eigenvalue weighted by Gasteiger charge is 2.37. The van der Waals surface area contributed by atoms with Gasteiger partial charge in [0, 0.05) is 33.3 Å². The van der Waals surface area contributed by atoms with Crippen LogP contribution in [0.3, 0.4) is 0 Å². The van der Waals surface area contributed by atoms with Crippen LogP contribution in [0.2, 0.25) is 0 Å². The second-order valence-electron chi connectivity index (χ2n) is 6.94. The number of rotatable bonds is 6. The molecule has 3 rings (SSSR count). The minimum absolute atomic E-state index is 0.262. The standard InChI is InChI=1S/C19H27F2N5O/c1-3-27-13-17-22-23-18(24(17)2)26-11-7-10-25(14-19(20,21)15-26)12-16-8-5-4-6-9-16/h4-6,8-9H,3,7,10-15H2,1-2H3. The summed E-state index contributed by atoms with van der Waals surface area (Å²) in [6.07, 6.45) is 0.788. The van der Waals surface area contributed by atoms with E-state index in [1.165, 1.54) is 0 Å². The molecule has 0 bridgehead atoms. The van der Waals surface area contributed by atoms with Gasteiger partial charge in [0.2, 0.25) is 5.95 Å². The summed E-state index contributed by atoms with van der Waals surface area (Å²) in [7, 11) is 1.79. The molecule has 0 spiro atoms. The van der Waals surface area contributed by atoms with Crippen LogP contribution in [0.4, 0.5) is 14.7 Å². The van der Waals surface area contributed by atoms with Crippen LogP contribution < -0.4 is 4.90 Å². The van der Waals surface area contributed by atoms with Crippen LogP contribution in [0.25, 0.3) is 0 Å². The number of anilines is 1. The molecule has 2 aromatic rings. The third-order valence-electron chi connectivity index (χ3n) is 4.69. The molecule has 0 atom stereocenters. The lowest BCUT2D eigenvalue weighted by molar-refractivity contribution is -0.0321. The first-order chi connectivity index (χ1) is 13.0. The van der Waals surface area contributed by atoms with Crippen molar-refractivity contribution in [3.05, 3.63) is 41.7 Å². The summed E-state index contributed by atoms with van der Waals surface area (Å²) in [5, 5.41) is 8.22. The van der Waals surface area contributed by atoms with Gasteiger partial charge in [-0.25, -0.2) is 8.78 Å². The van der Waals surface area contributed by atoms with Gasteiger partial charge in [0.1, 0.15) is 6.61 Å². The number of hydrogen-bond acceptors (Lipinski definition) is 5. The highest BCUT2D eigenvalue weighted by atomic mass is 19.3. The Morgan fingerprint density at radius 3 is 2.63 bits per heavy atom. The van der Waals surface area contributed by atoms with E-state index in [2.05, 4.69) is 10.2 Å². The number of hydrogen-bond donors (Lipinski definition) is 0. The Kier molecular flexibility index (Phi) is 6.38. The average Bonchev–Trinajstić information content (AvgIpc) is 2.98. The van der Waals surface area contributed by atoms with Crippen molar-refractivity contribution in [1.82, 2.24) is 19.7 Å². The van der Waals surface area contributed by atoms with Crippen molar-refractivity contribution < 1.29 is 13.5 Å². The highest BCUT2D eigenvalue weighted by Crippen LogP contribution is 2.24. The quantitative estimate of drug-likeness (QED) is 0.772. The van der Waals surface area contributed by atoms with Crippen LogP contribution in [-0.2, 0) is 24.9 Å². The normalized spacial score (nSPS) is 18.3. The number of benzene rings is 1. The zero-order chi connectivity index (χ0) is 19.3.